The summed E-state index contributed by atoms with van der Waals surface area (Å²) in [5, 5.41) is 9.72. The van der Waals surface area contributed by atoms with Gasteiger partial charge in [0, 0.05) is 25.3 Å². The number of ketones is 1. The van der Waals surface area contributed by atoms with E-state index in [0.717, 1.165) is 0 Å². The van der Waals surface area contributed by atoms with Crippen molar-refractivity contribution in [3.05, 3.63) is 46.6 Å². The third-order valence-electron chi connectivity index (χ3n) is 4.93. The highest BCUT2D eigenvalue weighted by atomic mass is 16.6. The van der Waals surface area contributed by atoms with Gasteiger partial charge >= 0.3 is 5.97 Å². The predicted octanol–water partition coefficient (Wildman–Crippen LogP) is 3.46. The molecule has 1 aromatic rings. The van der Waals surface area contributed by atoms with Gasteiger partial charge < -0.3 is 19.9 Å². The summed E-state index contributed by atoms with van der Waals surface area (Å²) in [6.07, 6.45) is 0.905. The Labute approximate surface area is 169 Å². The SMILES string of the molecule is CCOc1cc(C2C(C#N)=C(N)OC3=C2C(=O)CC(C)(C)C3)ccc1OC(C)=O. The van der Waals surface area contributed by atoms with Crippen molar-refractivity contribution in [2.45, 2.75) is 46.5 Å². The van der Waals surface area contributed by atoms with Crippen LogP contribution in [0.1, 0.15) is 52.0 Å². The Kier molecular flexibility index (Phi) is 5.38. The van der Waals surface area contributed by atoms with E-state index >= 15 is 0 Å². The summed E-state index contributed by atoms with van der Waals surface area (Å²) >= 11 is 0. The van der Waals surface area contributed by atoms with Crippen molar-refractivity contribution in [2.24, 2.45) is 11.1 Å². The van der Waals surface area contributed by atoms with Gasteiger partial charge in [-0.05, 0) is 30.0 Å². The van der Waals surface area contributed by atoms with Gasteiger partial charge in [-0.1, -0.05) is 19.9 Å². The standard InChI is InChI=1S/C22H24N2O5/c1-5-27-17-8-13(6-7-16(17)28-12(2)25)19-14(11-23)21(24)29-18-10-22(3,4)9-15(26)20(18)19/h6-8,19H,5,9-10,24H2,1-4H3. The Hall–Kier alpha value is -3.27. The molecule has 0 fully saturated rings. The zero-order valence-electron chi connectivity index (χ0n) is 17.0. The molecule has 0 bridgehead atoms. The van der Waals surface area contributed by atoms with Crippen LogP contribution in [-0.4, -0.2) is 18.4 Å². The summed E-state index contributed by atoms with van der Waals surface area (Å²) in [5.74, 6) is -0.0504. The number of hydrogen-bond acceptors (Lipinski definition) is 7. The molecule has 1 aliphatic heterocycles. The first kappa shape index (κ1) is 20.5. The number of hydrogen-bond donors (Lipinski definition) is 1. The number of benzene rings is 1. The minimum Gasteiger partial charge on any atom is -0.490 e. The predicted molar refractivity (Wildman–Crippen MR) is 105 cm³/mol. The highest BCUT2D eigenvalue weighted by Crippen LogP contribution is 2.48. The quantitative estimate of drug-likeness (QED) is 0.613. The minimum absolute atomic E-state index is 0.00349. The van der Waals surface area contributed by atoms with Crippen LogP contribution in [0.5, 0.6) is 11.5 Å². The number of esters is 1. The Morgan fingerprint density at radius 2 is 2.07 bits per heavy atom. The molecular formula is C22H24N2O5. The van der Waals surface area contributed by atoms with Crippen LogP contribution in [0.25, 0.3) is 0 Å². The molecule has 1 atom stereocenters. The second kappa shape index (κ2) is 7.63. The van der Waals surface area contributed by atoms with E-state index < -0.39 is 11.9 Å². The fraction of sp³-hybridized carbons (Fsp3) is 0.409. The van der Waals surface area contributed by atoms with E-state index in [9.17, 15) is 14.9 Å². The number of ether oxygens (including phenoxy) is 3. The van der Waals surface area contributed by atoms with Crippen LogP contribution in [0.4, 0.5) is 0 Å². The van der Waals surface area contributed by atoms with Gasteiger partial charge in [-0.3, -0.25) is 9.59 Å². The summed E-state index contributed by atoms with van der Waals surface area (Å²) in [6, 6.07) is 7.08. The zero-order valence-corrected chi connectivity index (χ0v) is 17.0. The summed E-state index contributed by atoms with van der Waals surface area (Å²) in [7, 11) is 0. The Morgan fingerprint density at radius 1 is 1.34 bits per heavy atom. The summed E-state index contributed by atoms with van der Waals surface area (Å²) in [5.41, 5.74) is 7.07. The second-order valence-electron chi connectivity index (χ2n) is 7.94. The van der Waals surface area contributed by atoms with E-state index in [4.69, 9.17) is 19.9 Å². The minimum atomic E-state index is -0.655. The van der Waals surface area contributed by atoms with Crippen LogP contribution in [0.2, 0.25) is 0 Å². The van der Waals surface area contributed by atoms with Gasteiger partial charge in [0.25, 0.3) is 0 Å². The Bertz CT molecular complexity index is 981. The van der Waals surface area contributed by atoms with E-state index in [2.05, 4.69) is 6.07 Å². The van der Waals surface area contributed by atoms with Crippen LogP contribution in [0.15, 0.2) is 41.0 Å². The zero-order chi connectivity index (χ0) is 21.3. The summed E-state index contributed by atoms with van der Waals surface area (Å²) in [6.45, 7) is 7.46. The molecule has 0 radical (unpaired) electrons. The van der Waals surface area contributed by atoms with Crippen molar-refractivity contribution in [2.75, 3.05) is 6.61 Å². The molecule has 152 valence electrons. The summed E-state index contributed by atoms with van der Waals surface area (Å²) < 4.78 is 16.5. The van der Waals surface area contributed by atoms with E-state index in [0.29, 0.717) is 42.1 Å². The van der Waals surface area contributed by atoms with Crippen molar-refractivity contribution in [3.8, 4) is 17.6 Å². The molecule has 2 N–H and O–H groups in total. The van der Waals surface area contributed by atoms with E-state index in [1.807, 2.05) is 20.8 Å². The lowest BCUT2D eigenvalue weighted by atomic mass is 9.70. The first-order valence-electron chi connectivity index (χ1n) is 9.46. The van der Waals surface area contributed by atoms with Gasteiger partial charge in [0.15, 0.2) is 17.3 Å². The molecule has 0 saturated carbocycles. The van der Waals surface area contributed by atoms with Gasteiger partial charge in [0.1, 0.15) is 17.4 Å². The molecule has 1 unspecified atom stereocenters. The fourth-order valence-electron chi connectivity index (χ4n) is 3.83. The van der Waals surface area contributed by atoms with Gasteiger partial charge in [0.05, 0.1) is 12.5 Å². The molecule has 7 nitrogen and oxygen atoms in total. The molecule has 3 rings (SSSR count). The normalized spacial score (nSPS) is 20.5. The molecule has 0 amide bonds. The molecule has 2 aliphatic rings. The first-order valence-corrected chi connectivity index (χ1v) is 9.46. The Balaban J connectivity index is 2.15. The molecule has 0 saturated heterocycles. The molecule has 1 aromatic carbocycles. The number of carbonyl (C=O) groups excluding carboxylic acids is 2. The van der Waals surface area contributed by atoms with Crippen molar-refractivity contribution in [3.63, 3.8) is 0 Å². The lowest BCUT2D eigenvalue weighted by Gasteiger charge is -2.37. The van der Waals surface area contributed by atoms with Crippen LogP contribution in [0.3, 0.4) is 0 Å². The first-order chi connectivity index (χ1) is 13.7. The van der Waals surface area contributed by atoms with Crippen molar-refractivity contribution in [1.82, 2.24) is 0 Å². The fourth-order valence-corrected chi connectivity index (χ4v) is 3.83. The van der Waals surface area contributed by atoms with Crippen molar-refractivity contribution < 1.29 is 23.8 Å². The maximum absolute atomic E-state index is 13.0. The molecule has 0 spiro atoms. The maximum atomic E-state index is 13.0. The van der Waals surface area contributed by atoms with Gasteiger partial charge in [-0.2, -0.15) is 5.26 Å². The number of carbonyl (C=O) groups is 2. The number of rotatable bonds is 4. The average Bonchev–Trinajstić information content (AvgIpc) is 2.60. The van der Waals surface area contributed by atoms with Gasteiger partial charge in [0.2, 0.25) is 5.88 Å². The second-order valence-corrected chi connectivity index (χ2v) is 7.94. The Morgan fingerprint density at radius 3 is 2.69 bits per heavy atom. The summed E-state index contributed by atoms with van der Waals surface area (Å²) in [4.78, 5) is 24.4. The van der Waals surface area contributed by atoms with Crippen molar-refractivity contribution in [1.29, 1.82) is 5.26 Å². The third-order valence-corrected chi connectivity index (χ3v) is 4.93. The topological polar surface area (TPSA) is 112 Å². The number of nitrogens with zero attached hydrogens (tertiary/aromatic N) is 1. The largest absolute Gasteiger partial charge is 0.490 e. The van der Waals surface area contributed by atoms with Gasteiger partial charge in [-0.15, -0.1) is 0 Å². The number of nitriles is 1. The lowest BCUT2D eigenvalue weighted by Crippen LogP contribution is -2.33. The molecule has 0 aromatic heterocycles. The number of nitrogens with two attached hydrogens (primary N) is 1. The number of allylic oxidation sites excluding steroid dienone is 3. The molecular weight excluding hydrogens is 372 g/mol. The smallest absolute Gasteiger partial charge is 0.308 e. The van der Waals surface area contributed by atoms with E-state index in [1.54, 1.807) is 18.2 Å². The van der Waals surface area contributed by atoms with Crippen LogP contribution >= 0.6 is 0 Å². The monoisotopic (exact) mass is 396 g/mol. The maximum Gasteiger partial charge on any atom is 0.308 e. The van der Waals surface area contributed by atoms with Gasteiger partial charge in [-0.25, -0.2) is 0 Å². The molecule has 29 heavy (non-hydrogen) atoms. The van der Waals surface area contributed by atoms with Crippen molar-refractivity contribution >= 4 is 11.8 Å². The highest BCUT2D eigenvalue weighted by Gasteiger charge is 2.43. The van der Waals surface area contributed by atoms with E-state index in [-0.39, 0.29) is 28.4 Å². The highest BCUT2D eigenvalue weighted by molar-refractivity contribution is 6.00. The molecule has 1 heterocycles. The van der Waals surface area contributed by atoms with Crippen LogP contribution in [0, 0.1) is 16.7 Å². The third kappa shape index (κ3) is 3.97. The molecule has 7 heteroatoms. The van der Waals surface area contributed by atoms with Crippen LogP contribution in [-0.2, 0) is 14.3 Å². The average molecular weight is 396 g/mol. The molecule has 1 aliphatic carbocycles. The number of Topliss-reactive ketones (excluding diaryl/α,β-unsaturated/α-hetero) is 1. The van der Waals surface area contributed by atoms with E-state index in [1.165, 1.54) is 6.92 Å². The van der Waals surface area contributed by atoms with Crippen LogP contribution < -0.4 is 15.2 Å². The lowest BCUT2D eigenvalue weighted by molar-refractivity contribution is -0.132.